The van der Waals surface area contributed by atoms with Crippen LogP contribution in [0, 0.1) is 5.92 Å². The maximum Gasteiger partial charge on any atom is 0.408 e. The number of nitrogens with one attached hydrogen (secondary N) is 3. The smallest absolute Gasteiger partial charge is 0.408 e. The zero-order chi connectivity index (χ0) is 33.1. The second-order valence-corrected chi connectivity index (χ2v) is 11.3. The maximum absolute atomic E-state index is 13.7. The Morgan fingerprint density at radius 3 is 1.93 bits per heavy atom. The van der Waals surface area contributed by atoms with Crippen LogP contribution < -0.4 is 16.0 Å². The second kappa shape index (κ2) is 16.0. The van der Waals surface area contributed by atoms with Crippen LogP contribution in [-0.4, -0.2) is 87.8 Å². The van der Waals surface area contributed by atoms with Gasteiger partial charge in [-0.15, -0.1) is 0 Å². The molecule has 0 aliphatic carbocycles. The van der Waals surface area contributed by atoms with Gasteiger partial charge in [0.25, 0.3) is 5.91 Å². The first-order chi connectivity index (χ1) is 21.4. The Bertz CT molecular complexity index is 1320. The largest absolute Gasteiger partial charge is 0.459 e. The minimum absolute atomic E-state index is 0.0136. The van der Waals surface area contributed by atoms with Crippen molar-refractivity contribution < 1.29 is 43.7 Å². The molecule has 45 heavy (non-hydrogen) atoms. The number of rotatable bonds is 14. The van der Waals surface area contributed by atoms with Crippen molar-refractivity contribution in [1.29, 1.82) is 0 Å². The summed E-state index contributed by atoms with van der Waals surface area (Å²) in [5, 5.41) is 27.8. The molecule has 5 atom stereocenters. The van der Waals surface area contributed by atoms with Crippen molar-refractivity contribution in [3.05, 3.63) is 71.8 Å². The molecule has 0 spiro atoms. The molecule has 0 aromatic heterocycles. The normalized spacial score (nSPS) is 18.8. The van der Waals surface area contributed by atoms with Crippen LogP contribution in [0.15, 0.2) is 60.7 Å². The molecule has 2 aromatic carbocycles. The number of likely N-dealkylation sites (tertiary alicyclic amines) is 1. The predicted molar refractivity (Wildman–Crippen MR) is 162 cm³/mol. The molecule has 1 aliphatic heterocycles. The van der Waals surface area contributed by atoms with Crippen LogP contribution in [0.3, 0.4) is 0 Å². The third kappa shape index (κ3) is 9.02. The summed E-state index contributed by atoms with van der Waals surface area (Å²) in [4.78, 5) is 66.4. The lowest BCUT2D eigenvalue weighted by atomic mass is 9.91. The van der Waals surface area contributed by atoms with Crippen molar-refractivity contribution in [2.24, 2.45) is 5.92 Å². The average Bonchev–Trinajstić information content (AvgIpc) is 3.34. The van der Waals surface area contributed by atoms with Gasteiger partial charge in [0.1, 0.15) is 30.8 Å². The third-order valence-electron chi connectivity index (χ3n) is 7.64. The van der Waals surface area contributed by atoms with Gasteiger partial charge >= 0.3 is 12.1 Å². The molecule has 13 heteroatoms. The number of amides is 4. The van der Waals surface area contributed by atoms with Crippen molar-refractivity contribution in [1.82, 2.24) is 20.9 Å². The molecule has 0 unspecified atom stereocenters. The van der Waals surface area contributed by atoms with E-state index in [0.29, 0.717) is 0 Å². The lowest BCUT2D eigenvalue weighted by Crippen LogP contribution is -2.63. The first-order valence-corrected chi connectivity index (χ1v) is 14.8. The van der Waals surface area contributed by atoms with E-state index in [-0.39, 0.29) is 26.2 Å². The highest BCUT2D eigenvalue weighted by molar-refractivity contribution is 5.97. The van der Waals surface area contributed by atoms with Gasteiger partial charge in [-0.05, 0) is 37.3 Å². The van der Waals surface area contributed by atoms with Crippen LogP contribution >= 0.6 is 0 Å². The molecule has 1 fully saturated rings. The number of benzene rings is 2. The van der Waals surface area contributed by atoms with Gasteiger partial charge in [-0.25, -0.2) is 9.59 Å². The standard InChI is InChI=1S/C32H42N4O9/c1-20(2)26(28(40)33-21(3)27(39)34-25(17-37)29(41)44-18-23-11-7-5-8-12-23)36-16-15-32(22(4)38,30(36)42)35-31(43)45-19-24-13-9-6-10-14-24/h5-14,20-22,25-26,37-38H,15-19H2,1-4H3,(H,33,40)(H,34,39)(H,35,43)/t21-,22+,25-,26-,32-/m0/s1. The number of aliphatic hydroxyl groups excluding tert-OH is 2. The van der Waals surface area contributed by atoms with E-state index in [0.717, 1.165) is 11.1 Å². The fraction of sp³-hybridized carbons (Fsp3) is 0.469. The van der Waals surface area contributed by atoms with Crippen LogP contribution in [0.4, 0.5) is 4.79 Å². The highest BCUT2D eigenvalue weighted by atomic mass is 16.5. The summed E-state index contributed by atoms with van der Waals surface area (Å²) in [6.45, 7) is 5.43. The summed E-state index contributed by atoms with van der Waals surface area (Å²) in [7, 11) is 0. The molecule has 13 nitrogen and oxygen atoms in total. The summed E-state index contributed by atoms with van der Waals surface area (Å²) >= 11 is 0. The van der Waals surface area contributed by atoms with Crippen molar-refractivity contribution in [2.75, 3.05) is 13.2 Å². The lowest BCUT2D eigenvalue weighted by molar-refractivity contribution is -0.150. The number of hydrogen-bond donors (Lipinski definition) is 5. The molecule has 5 N–H and O–H groups in total. The van der Waals surface area contributed by atoms with Crippen LogP contribution in [0.5, 0.6) is 0 Å². The fourth-order valence-electron chi connectivity index (χ4n) is 5.05. The number of alkyl carbamates (subject to hydrolysis) is 1. The predicted octanol–water partition coefficient (Wildman–Crippen LogP) is 1.01. The summed E-state index contributed by atoms with van der Waals surface area (Å²) in [6.07, 6.45) is -2.19. The minimum atomic E-state index is -1.72. The van der Waals surface area contributed by atoms with Crippen LogP contribution in [0.2, 0.25) is 0 Å². The molecule has 2 aromatic rings. The van der Waals surface area contributed by atoms with Gasteiger partial charge in [-0.3, -0.25) is 14.4 Å². The van der Waals surface area contributed by atoms with Gasteiger partial charge in [-0.1, -0.05) is 74.5 Å². The van der Waals surface area contributed by atoms with Gasteiger partial charge in [0.2, 0.25) is 11.8 Å². The topological polar surface area (TPSA) is 184 Å². The lowest BCUT2D eigenvalue weighted by Gasteiger charge is -2.35. The molecule has 1 aliphatic rings. The highest BCUT2D eigenvalue weighted by Crippen LogP contribution is 2.30. The Hall–Kier alpha value is -4.49. The molecule has 0 bridgehead atoms. The molecule has 3 rings (SSSR count). The number of esters is 1. The number of carbonyl (C=O) groups is 5. The highest BCUT2D eigenvalue weighted by Gasteiger charge is 2.54. The maximum atomic E-state index is 13.7. The van der Waals surface area contributed by atoms with Crippen LogP contribution in [-0.2, 0) is 41.9 Å². The van der Waals surface area contributed by atoms with E-state index in [4.69, 9.17) is 9.47 Å². The molecule has 0 radical (unpaired) electrons. The molecule has 244 valence electrons. The first-order valence-electron chi connectivity index (χ1n) is 14.8. The number of aliphatic hydroxyl groups is 2. The molecular formula is C32H42N4O9. The van der Waals surface area contributed by atoms with Crippen molar-refractivity contribution in [2.45, 2.75) is 77.1 Å². The number of hydrogen-bond acceptors (Lipinski definition) is 9. The molecule has 1 saturated heterocycles. The fourth-order valence-corrected chi connectivity index (χ4v) is 5.05. The summed E-state index contributed by atoms with van der Waals surface area (Å²) in [5.41, 5.74) is -0.259. The van der Waals surface area contributed by atoms with Gasteiger partial charge in [0.05, 0.1) is 12.7 Å². The average molecular weight is 627 g/mol. The van der Waals surface area contributed by atoms with E-state index in [1.54, 1.807) is 62.4 Å². The van der Waals surface area contributed by atoms with Crippen LogP contribution in [0.25, 0.3) is 0 Å². The number of carbonyl (C=O) groups excluding carboxylic acids is 5. The van der Waals surface area contributed by atoms with E-state index in [9.17, 15) is 34.2 Å². The molecule has 0 saturated carbocycles. The van der Waals surface area contributed by atoms with Crippen LogP contribution in [0.1, 0.15) is 45.2 Å². The summed E-state index contributed by atoms with van der Waals surface area (Å²) in [5.74, 6) is -3.34. The summed E-state index contributed by atoms with van der Waals surface area (Å²) in [6, 6.07) is 14.3. The Morgan fingerprint density at radius 2 is 1.42 bits per heavy atom. The van der Waals surface area contributed by atoms with E-state index in [1.807, 2.05) is 12.1 Å². The molecule has 4 amide bonds. The third-order valence-corrected chi connectivity index (χ3v) is 7.64. The quantitative estimate of drug-likeness (QED) is 0.191. The summed E-state index contributed by atoms with van der Waals surface area (Å²) < 4.78 is 10.5. The van der Waals surface area contributed by atoms with Crippen molar-refractivity contribution in [3.63, 3.8) is 0 Å². The first kappa shape index (κ1) is 35.0. The van der Waals surface area contributed by atoms with E-state index >= 15 is 0 Å². The molecule has 1 heterocycles. The zero-order valence-corrected chi connectivity index (χ0v) is 25.9. The zero-order valence-electron chi connectivity index (χ0n) is 25.9. The van der Waals surface area contributed by atoms with Crippen molar-refractivity contribution >= 4 is 29.8 Å². The van der Waals surface area contributed by atoms with Gasteiger partial charge in [0.15, 0.2) is 6.04 Å². The second-order valence-electron chi connectivity index (χ2n) is 11.3. The van der Waals surface area contributed by atoms with Gasteiger partial charge in [0, 0.05) is 6.54 Å². The minimum Gasteiger partial charge on any atom is -0.459 e. The Kier molecular flexibility index (Phi) is 12.4. The van der Waals surface area contributed by atoms with Gasteiger partial charge in [-0.2, -0.15) is 0 Å². The van der Waals surface area contributed by atoms with Crippen molar-refractivity contribution in [3.8, 4) is 0 Å². The van der Waals surface area contributed by atoms with E-state index < -0.39 is 72.1 Å². The number of ether oxygens (including phenoxy) is 2. The van der Waals surface area contributed by atoms with Gasteiger partial charge < -0.3 is 40.5 Å². The monoisotopic (exact) mass is 626 g/mol. The van der Waals surface area contributed by atoms with E-state index in [2.05, 4.69) is 16.0 Å². The molecular weight excluding hydrogens is 584 g/mol. The number of nitrogens with zero attached hydrogens (tertiary/aromatic N) is 1. The SMILES string of the molecule is CC(C)[C@@H](C(=O)N[C@@H](C)C(=O)N[C@@H](CO)C(=O)OCc1ccccc1)N1CC[C@](NC(=O)OCc2ccccc2)([C@@H](C)O)C1=O. The van der Waals surface area contributed by atoms with E-state index in [1.165, 1.54) is 18.7 Å². The Morgan fingerprint density at radius 1 is 0.867 bits per heavy atom. The Labute approximate surface area is 262 Å². The Balaban J connectivity index is 1.62.